The van der Waals surface area contributed by atoms with Gasteiger partial charge in [0.2, 0.25) is 23.5 Å². The highest BCUT2D eigenvalue weighted by atomic mass is 32.1. The summed E-state index contributed by atoms with van der Waals surface area (Å²) in [4.78, 5) is 77.3. The zero-order valence-electron chi connectivity index (χ0n) is 28.0. The maximum absolute atomic E-state index is 12.7. The van der Waals surface area contributed by atoms with Crippen molar-refractivity contribution in [1.82, 2.24) is 25.8 Å². The first-order chi connectivity index (χ1) is 21.9. The summed E-state index contributed by atoms with van der Waals surface area (Å²) in [6.45, 7) is 7.09. The van der Waals surface area contributed by atoms with Gasteiger partial charge in [-0.25, -0.2) is 0 Å². The Bertz CT molecular complexity index is 1090. The third-order valence-electron chi connectivity index (χ3n) is 6.63. The number of likely N-dealkylation sites (tertiary alicyclic amines) is 1. The van der Waals surface area contributed by atoms with Gasteiger partial charge in [-0.3, -0.25) is 33.7 Å². The number of rotatable bonds is 16. The predicted molar refractivity (Wildman–Crippen MR) is 186 cm³/mol. The molecule has 1 aromatic carbocycles. The van der Waals surface area contributed by atoms with E-state index in [2.05, 4.69) is 41.2 Å². The maximum Gasteiger partial charge on any atom is 0.290 e. The fraction of sp³-hybridized carbons (Fsp3) is 0.625. The second-order valence-electron chi connectivity index (χ2n) is 10.7. The Hall–Kier alpha value is -2.94. The molecular weight excluding hydrogens is 631 g/mol. The number of ether oxygens (including phenoxy) is 1. The van der Waals surface area contributed by atoms with E-state index in [0.717, 1.165) is 24.7 Å². The monoisotopic (exact) mass is 683 g/mol. The number of ketones is 2. The molecule has 1 aliphatic heterocycles. The topological polar surface area (TPSA) is 154 Å². The number of unbranched alkanes of at least 4 members (excludes halogenated alkanes) is 1. The van der Waals surface area contributed by atoms with Crippen LogP contribution in [0.1, 0.15) is 64.5 Å². The minimum absolute atomic E-state index is 0.0516. The summed E-state index contributed by atoms with van der Waals surface area (Å²) in [6.07, 6.45) is 3.20. The van der Waals surface area contributed by atoms with E-state index in [4.69, 9.17) is 4.74 Å². The van der Waals surface area contributed by atoms with Crippen molar-refractivity contribution in [2.24, 2.45) is 0 Å². The van der Waals surface area contributed by atoms with Gasteiger partial charge in [0, 0.05) is 33.7 Å². The van der Waals surface area contributed by atoms with Crippen molar-refractivity contribution < 1.29 is 33.5 Å². The predicted octanol–water partition coefficient (Wildman–Crippen LogP) is 1.84. The third kappa shape index (κ3) is 17.1. The van der Waals surface area contributed by atoms with Crippen molar-refractivity contribution in [2.45, 2.75) is 71.0 Å². The minimum atomic E-state index is -1.08. The number of thiol groups is 2. The van der Waals surface area contributed by atoms with E-state index in [1.165, 1.54) is 17.7 Å². The molecular formula is C32H53N5O7S2. The van der Waals surface area contributed by atoms with Crippen molar-refractivity contribution in [3.05, 3.63) is 35.9 Å². The molecule has 0 aliphatic carbocycles. The molecule has 46 heavy (non-hydrogen) atoms. The van der Waals surface area contributed by atoms with Crippen LogP contribution in [-0.2, 0) is 33.5 Å². The summed E-state index contributed by atoms with van der Waals surface area (Å²) < 4.78 is 4.83. The molecule has 14 heteroatoms. The van der Waals surface area contributed by atoms with Gasteiger partial charge in [-0.2, -0.15) is 25.3 Å². The molecule has 0 aromatic heterocycles. The Morgan fingerprint density at radius 1 is 0.978 bits per heavy atom. The highest BCUT2D eigenvalue weighted by Crippen LogP contribution is 2.15. The van der Waals surface area contributed by atoms with Crippen molar-refractivity contribution in [3.63, 3.8) is 0 Å². The van der Waals surface area contributed by atoms with Crippen molar-refractivity contribution in [1.29, 1.82) is 0 Å². The molecule has 0 spiro atoms. The second kappa shape index (κ2) is 25.2. The van der Waals surface area contributed by atoms with Gasteiger partial charge in [0.25, 0.3) is 5.91 Å². The number of carbonyl (C=O) groups excluding carboxylic acids is 6. The van der Waals surface area contributed by atoms with Crippen LogP contribution < -0.4 is 16.0 Å². The van der Waals surface area contributed by atoms with Crippen LogP contribution in [-0.4, -0.2) is 116 Å². The number of nitrogens with zero attached hydrogens (tertiary/aromatic N) is 2. The molecule has 0 saturated carbocycles. The van der Waals surface area contributed by atoms with E-state index in [1.54, 1.807) is 63.3 Å². The van der Waals surface area contributed by atoms with E-state index >= 15 is 0 Å². The standard InChI is InChI=1S/C24H33N5O6.C4H10O.C4H10S2/c1-5-9-17(26-22(33)18-12-16(30)14-29(18)4)21(32)23(34)25-13-19(31)27-20(24(35)28(2)3)15-10-7-6-8-11-15;1-3-5-4-2;5-3-1-2-4-6/h6-8,10-11,17-18,20H,5,9,12-14H2,1-4H3,(H,25,34)(H,26,33)(H,27,31);3-4H2,1-2H3;5-6H,1-4H2/t17?,18?,20-;;/m0../s1. The number of Topliss-reactive ketones (excluding diaryl/α,β-unsaturated/α-hetero) is 2. The number of likely N-dealkylation sites (N-methyl/N-ethyl adjacent to an activating group) is 2. The van der Waals surface area contributed by atoms with Crippen LogP contribution >= 0.6 is 25.3 Å². The van der Waals surface area contributed by atoms with Gasteiger partial charge in [0.1, 0.15) is 11.8 Å². The van der Waals surface area contributed by atoms with Gasteiger partial charge in [-0.1, -0.05) is 43.7 Å². The van der Waals surface area contributed by atoms with Crippen LogP contribution in [0.15, 0.2) is 30.3 Å². The summed E-state index contributed by atoms with van der Waals surface area (Å²) in [5.74, 6) is -1.49. The van der Waals surface area contributed by atoms with Crippen LogP contribution in [0.4, 0.5) is 0 Å². The van der Waals surface area contributed by atoms with Crippen molar-refractivity contribution >= 4 is 60.5 Å². The number of hydrogen-bond acceptors (Lipinski definition) is 10. The number of nitrogens with one attached hydrogen (secondary N) is 3. The van der Waals surface area contributed by atoms with Crippen LogP contribution in [0.5, 0.6) is 0 Å². The molecule has 260 valence electrons. The first kappa shape index (κ1) is 43.1. The summed E-state index contributed by atoms with van der Waals surface area (Å²) in [6, 6.07) is 5.93. The lowest BCUT2D eigenvalue weighted by Crippen LogP contribution is -2.52. The van der Waals surface area contributed by atoms with Gasteiger partial charge < -0.3 is 25.6 Å². The van der Waals surface area contributed by atoms with Crippen molar-refractivity contribution in [2.75, 3.05) is 59.0 Å². The highest BCUT2D eigenvalue weighted by molar-refractivity contribution is 7.80. The Kier molecular flexibility index (Phi) is 23.6. The SMILES string of the molecule is CCCC(NC(=O)C1CC(=O)CN1C)C(=O)C(=O)NCC(=O)N[C@H](C(=O)N(C)C)c1ccccc1.CCOCC.SCCCCS. The average molecular weight is 684 g/mol. The molecule has 2 unspecified atom stereocenters. The highest BCUT2D eigenvalue weighted by Gasteiger charge is 2.36. The molecule has 1 aliphatic rings. The summed E-state index contributed by atoms with van der Waals surface area (Å²) in [5, 5.41) is 7.41. The van der Waals surface area contributed by atoms with E-state index in [9.17, 15) is 28.8 Å². The Morgan fingerprint density at radius 2 is 1.57 bits per heavy atom. The number of carbonyl (C=O) groups is 6. The van der Waals surface area contributed by atoms with E-state index in [0.29, 0.717) is 12.0 Å². The minimum Gasteiger partial charge on any atom is -0.382 e. The van der Waals surface area contributed by atoms with Gasteiger partial charge in [-0.05, 0) is 57.2 Å². The molecule has 2 rings (SSSR count). The zero-order valence-corrected chi connectivity index (χ0v) is 29.8. The van der Waals surface area contributed by atoms with Gasteiger partial charge >= 0.3 is 0 Å². The smallest absolute Gasteiger partial charge is 0.290 e. The first-order valence-electron chi connectivity index (χ1n) is 15.6. The van der Waals surface area contributed by atoms with Crippen LogP contribution in [0, 0.1) is 0 Å². The zero-order chi connectivity index (χ0) is 35.1. The normalized spacial score (nSPS) is 15.2. The first-order valence-corrected chi connectivity index (χ1v) is 16.8. The lowest BCUT2D eigenvalue weighted by Gasteiger charge is -2.23. The molecule has 3 atom stereocenters. The fourth-order valence-corrected chi connectivity index (χ4v) is 4.63. The summed E-state index contributed by atoms with van der Waals surface area (Å²) in [7, 11) is 4.76. The number of benzene rings is 1. The Morgan fingerprint density at radius 3 is 2.00 bits per heavy atom. The summed E-state index contributed by atoms with van der Waals surface area (Å²) in [5.41, 5.74) is 0.572. The molecule has 1 saturated heterocycles. The molecule has 3 N–H and O–H groups in total. The van der Waals surface area contributed by atoms with Gasteiger partial charge in [-0.15, -0.1) is 0 Å². The molecule has 1 fully saturated rings. The van der Waals surface area contributed by atoms with Crippen molar-refractivity contribution in [3.8, 4) is 0 Å². The van der Waals surface area contributed by atoms with Crippen LogP contribution in [0.2, 0.25) is 0 Å². The molecule has 12 nitrogen and oxygen atoms in total. The van der Waals surface area contributed by atoms with Crippen LogP contribution in [0.25, 0.3) is 0 Å². The quantitative estimate of drug-likeness (QED) is 0.101. The Labute approximate surface area is 284 Å². The molecule has 0 bridgehead atoms. The lowest BCUT2D eigenvalue weighted by atomic mass is 10.0. The van der Waals surface area contributed by atoms with Crippen LogP contribution in [0.3, 0.4) is 0 Å². The average Bonchev–Trinajstić information content (AvgIpc) is 3.39. The van der Waals surface area contributed by atoms with E-state index in [-0.39, 0.29) is 31.1 Å². The van der Waals surface area contributed by atoms with E-state index < -0.39 is 48.2 Å². The van der Waals surface area contributed by atoms with Gasteiger partial charge in [0.05, 0.1) is 25.2 Å². The third-order valence-corrected chi connectivity index (χ3v) is 7.26. The summed E-state index contributed by atoms with van der Waals surface area (Å²) >= 11 is 8.04. The van der Waals surface area contributed by atoms with E-state index in [1.807, 2.05) is 13.8 Å². The molecule has 0 radical (unpaired) electrons. The largest absolute Gasteiger partial charge is 0.382 e. The molecule has 4 amide bonds. The lowest BCUT2D eigenvalue weighted by molar-refractivity contribution is -0.141. The molecule has 1 heterocycles. The maximum atomic E-state index is 12.7. The Balaban J connectivity index is 0.00000157. The molecule has 1 aromatic rings. The van der Waals surface area contributed by atoms with Gasteiger partial charge in [0.15, 0.2) is 0 Å². The number of amides is 4. The number of hydrogen-bond donors (Lipinski definition) is 5. The second-order valence-corrected chi connectivity index (χ2v) is 11.5. The fourth-order valence-electron chi connectivity index (χ4n) is 4.18.